The molecule has 0 aliphatic rings. The lowest BCUT2D eigenvalue weighted by molar-refractivity contribution is -0.908. The van der Waals surface area contributed by atoms with E-state index < -0.39 is 0 Å². The van der Waals surface area contributed by atoms with Gasteiger partial charge in [-0.15, -0.1) is 0 Å². The van der Waals surface area contributed by atoms with Crippen molar-refractivity contribution in [3.05, 3.63) is 0 Å². The van der Waals surface area contributed by atoms with E-state index in [0.29, 0.717) is 12.2 Å². The second-order valence-electron chi connectivity index (χ2n) is 5.22. The molecule has 0 heterocycles. The lowest BCUT2D eigenvalue weighted by Gasteiger charge is -2.33. The van der Waals surface area contributed by atoms with Gasteiger partial charge >= 0.3 is 0 Å². The highest BCUT2D eigenvalue weighted by molar-refractivity contribution is 4.43. The third-order valence-corrected chi connectivity index (χ3v) is 2.93. The fourth-order valence-corrected chi connectivity index (χ4v) is 1.45. The Kier molecular flexibility index (Phi) is 7.98. The zero-order valence-electron chi connectivity index (χ0n) is 12.0. The Bertz CT molecular complexity index is 155. The summed E-state index contributed by atoms with van der Waals surface area (Å²) in [4.78, 5) is 0. The first-order valence-electron chi connectivity index (χ1n) is 6.46. The second-order valence-corrected chi connectivity index (χ2v) is 5.22. The molecule has 0 atom stereocenters. The Morgan fingerprint density at radius 1 is 0.875 bits per heavy atom. The molecule has 0 aromatic rings. The minimum Gasteiger partial charge on any atom is -0.373 e. The molecule has 3 nitrogen and oxygen atoms in total. The van der Waals surface area contributed by atoms with E-state index in [-0.39, 0.29) is 0 Å². The Morgan fingerprint density at radius 2 is 1.25 bits per heavy atom. The third-order valence-electron chi connectivity index (χ3n) is 2.93. The van der Waals surface area contributed by atoms with Crippen molar-refractivity contribution in [2.75, 3.05) is 39.9 Å². The van der Waals surface area contributed by atoms with Crippen molar-refractivity contribution in [2.45, 2.75) is 46.8 Å². The number of ether oxygens (including phenoxy) is 2. The second kappa shape index (κ2) is 8.04. The summed E-state index contributed by atoms with van der Waals surface area (Å²) in [6.07, 6.45) is 0.662. The molecule has 16 heavy (non-hydrogen) atoms. The first-order valence-corrected chi connectivity index (χ1v) is 6.46. The lowest BCUT2D eigenvalue weighted by atomic mass is 10.3. The van der Waals surface area contributed by atoms with Crippen molar-refractivity contribution in [1.82, 2.24) is 0 Å². The molecule has 3 heteroatoms. The topological polar surface area (TPSA) is 18.5 Å². The van der Waals surface area contributed by atoms with Crippen LogP contribution in [0.15, 0.2) is 0 Å². The highest BCUT2D eigenvalue weighted by atomic mass is 16.5. The van der Waals surface area contributed by atoms with Crippen molar-refractivity contribution < 1.29 is 14.0 Å². The Morgan fingerprint density at radius 3 is 1.50 bits per heavy atom. The van der Waals surface area contributed by atoms with Crippen LogP contribution in [0.25, 0.3) is 0 Å². The molecule has 0 aromatic carbocycles. The minimum atomic E-state index is 0.331. The maximum atomic E-state index is 5.61. The molecule has 0 aliphatic carbocycles. The molecule has 0 saturated carbocycles. The highest BCUT2D eigenvalue weighted by Gasteiger charge is 2.19. The predicted molar refractivity (Wildman–Crippen MR) is 68.6 cm³/mol. The van der Waals surface area contributed by atoms with E-state index in [1.807, 2.05) is 0 Å². The van der Waals surface area contributed by atoms with Gasteiger partial charge in [0.15, 0.2) is 0 Å². The molecule has 0 rings (SSSR count). The quantitative estimate of drug-likeness (QED) is 0.568. The van der Waals surface area contributed by atoms with Gasteiger partial charge in [0.05, 0.1) is 39.0 Å². The lowest BCUT2D eigenvalue weighted by Crippen LogP contribution is -2.48. The summed E-state index contributed by atoms with van der Waals surface area (Å²) in [6.45, 7) is 15.5. The van der Waals surface area contributed by atoms with E-state index in [0.717, 1.165) is 37.3 Å². The molecule has 0 aliphatic heterocycles. The molecule has 0 spiro atoms. The van der Waals surface area contributed by atoms with Gasteiger partial charge in [-0.25, -0.2) is 0 Å². The molecule has 0 N–H and O–H groups in total. The molecular weight excluding hydrogens is 202 g/mol. The molecule has 0 fully saturated rings. The van der Waals surface area contributed by atoms with E-state index in [1.165, 1.54) is 0 Å². The fourth-order valence-electron chi connectivity index (χ4n) is 1.45. The number of hydrogen-bond donors (Lipinski definition) is 0. The van der Waals surface area contributed by atoms with Crippen LogP contribution in [-0.4, -0.2) is 56.6 Å². The summed E-state index contributed by atoms with van der Waals surface area (Å²) in [5.74, 6) is 0. The number of likely N-dealkylation sites (N-methyl/N-ethyl adjacent to an activating group) is 1. The molecule has 0 unspecified atom stereocenters. The van der Waals surface area contributed by atoms with Crippen LogP contribution >= 0.6 is 0 Å². The zero-order valence-corrected chi connectivity index (χ0v) is 12.0. The van der Waals surface area contributed by atoms with E-state index in [2.05, 4.69) is 41.7 Å². The average Bonchev–Trinajstić information content (AvgIpc) is 2.16. The van der Waals surface area contributed by atoms with Gasteiger partial charge in [-0.3, -0.25) is 0 Å². The number of quaternary nitrogens is 1. The largest absolute Gasteiger partial charge is 0.373 e. The minimum absolute atomic E-state index is 0.331. The van der Waals surface area contributed by atoms with Crippen LogP contribution in [0.4, 0.5) is 0 Å². The maximum Gasteiger partial charge on any atom is 0.102 e. The zero-order chi connectivity index (χ0) is 12.6. The van der Waals surface area contributed by atoms with Gasteiger partial charge in [0, 0.05) is 0 Å². The summed E-state index contributed by atoms with van der Waals surface area (Å²) in [6, 6.07) is 0. The van der Waals surface area contributed by atoms with Gasteiger partial charge in [-0.05, 0) is 34.6 Å². The van der Waals surface area contributed by atoms with Crippen LogP contribution in [0.1, 0.15) is 34.6 Å². The summed E-state index contributed by atoms with van der Waals surface area (Å²) in [5.41, 5.74) is 0. The molecule has 0 radical (unpaired) electrons. The molecule has 98 valence electrons. The van der Waals surface area contributed by atoms with Crippen molar-refractivity contribution in [2.24, 2.45) is 0 Å². The van der Waals surface area contributed by atoms with E-state index >= 15 is 0 Å². The number of hydrogen-bond acceptors (Lipinski definition) is 2. The van der Waals surface area contributed by atoms with E-state index in [9.17, 15) is 0 Å². The van der Waals surface area contributed by atoms with Crippen LogP contribution in [0, 0.1) is 0 Å². The summed E-state index contributed by atoms with van der Waals surface area (Å²) in [7, 11) is 2.27. The number of nitrogens with zero attached hydrogens (tertiary/aromatic N) is 1. The fraction of sp³-hybridized carbons (Fsp3) is 1.00. The summed E-state index contributed by atoms with van der Waals surface area (Å²) < 4.78 is 12.2. The number of rotatable bonds is 9. The van der Waals surface area contributed by atoms with Crippen LogP contribution in [0.2, 0.25) is 0 Å². The van der Waals surface area contributed by atoms with E-state index in [4.69, 9.17) is 9.47 Å². The van der Waals surface area contributed by atoms with Crippen LogP contribution < -0.4 is 0 Å². The van der Waals surface area contributed by atoms with Gasteiger partial charge < -0.3 is 14.0 Å². The Labute approximate surface area is 101 Å². The van der Waals surface area contributed by atoms with Crippen molar-refractivity contribution in [3.8, 4) is 0 Å². The van der Waals surface area contributed by atoms with Crippen molar-refractivity contribution in [3.63, 3.8) is 0 Å². The third kappa shape index (κ3) is 8.08. The highest BCUT2D eigenvalue weighted by Crippen LogP contribution is 2.03. The average molecular weight is 232 g/mol. The van der Waals surface area contributed by atoms with Crippen molar-refractivity contribution in [1.29, 1.82) is 0 Å². The van der Waals surface area contributed by atoms with Crippen molar-refractivity contribution >= 4 is 0 Å². The van der Waals surface area contributed by atoms with Crippen LogP contribution in [0.3, 0.4) is 0 Å². The molecule has 0 bridgehead atoms. The molecule has 0 aromatic heterocycles. The Hall–Kier alpha value is -0.120. The van der Waals surface area contributed by atoms with Gasteiger partial charge in [-0.2, -0.15) is 0 Å². The van der Waals surface area contributed by atoms with Crippen LogP contribution in [0.5, 0.6) is 0 Å². The summed E-state index contributed by atoms with van der Waals surface area (Å²) in [5, 5.41) is 0. The predicted octanol–water partition coefficient (Wildman–Crippen LogP) is 2.30. The van der Waals surface area contributed by atoms with Gasteiger partial charge in [0.2, 0.25) is 0 Å². The molecular formula is C13H30NO2+. The molecule has 0 amide bonds. The first kappa shape index (κ1) is 15.9. The smallest absolute Gasteiger partial charge is 0.102 e. The standard InChI is InChI=1S/C13H30NO2/c1-7-14(6,8-10-15-12(2)3)9-11-16-13(4)5/h12-13H,7-11H2,1-6H3/q+1. The van der Waals surface area contributed by atoms with Gasteiger partial charge in [0.1, 0.15) is 13.1 Å². The normalized spacial score (nSPS) is 12.8. The monoisotopic (exact) mass is 232 g/mol. The van der Waals surface area contributed by atoms with Crippen LogP contribution in [-0.2, 0) is 9.47 Å². The maximum absolute atomic E-state index is 5.61. The first-order chi connectivity index (χ1) is 7.39. The summed E-state index contributed by atoms with van der Waals surface area (Å²) >= 11 is 0. The Balaban J connectivity index is 3.81. The van der Waals surface area contributed by atoms with Gasteiger partial charge in [-0.1, -0.05) is 0 Å². The SMILES string of the molecule is CC[N+](C)(CCOC(C)C)CCOC(C)C. The van der Waals surface area contributed by atoms with E-state index in [1.54, 1.807) is 0 Å². The van der Waals surface area contributed by atoms with Gasteiger partial charge in [0.25, 0.3) is 0 Å². The molecule has 0 saturated heterocycles.